The van der Waals surface area contributed by atoms with Gasteiger partial charge in [0.1, 0.15) is 0 Å². The highest BCUT2D eigenvalue weighted by Crippen LogP contribution is 2.24. The minimum atomic E-state index is -0.404. The van der Waals surface area contributed by atoms with Crippen molar-refractivity contribution >= 4 is 21.6 Å². The minimum Gasteiger partial charge on any atom is -0.258 e. The van der Waals surface area contributed by atoms with E-state index in [4.69, 9.17) is 0 Å². The summed E-state index contributed by atoms with van der Waals surface area (Å²) in [5.41, 5.74) is 2.05. The van der Waals surface area contributed by atoms with Gasteiger partial charge in [0.25, 0.3) is 5.69 Å². The molecule has 0 amide bonds. The third-order valence-electron chi connectivity index (χ3n) is 2.18. The van der Waals surface area contributed by atoms with Crippen molar-refractivity contribution in [2.75, 3.05) is 0 Å². The smallest absolute Gasteiger partial charge is 0.258 e. The lowest BCUT2D eigenvalue weighted by atomic mass is 10.1. The zero-order valence-corrected chi connectivity index (χ0v) is 9.77. The number of hydrogen-bond acceptors (Lipinski definition) is 2. The molecule has 0 heterocycles. The summed E-state index contributed by atoms with van der Waals surface area (Å²) >= 11 is 3.33. The van der Waals surface area contributed by atoms with E-state index in [9.17, 15) is 10.1 Å². The van der Waals surface area contributed by atoms with E-state index in [0.717, 1.165) is 15.6 Å². The van der Waals surface area contributed by atoms with Crippen molar-refractivity contribution in [3.63, 3.8) is 0 Å². The number of nitrogens with zero attached hydrogens (tertiary/aromatic N) is 1. The molecule has 0 aromatic heterocycles. The molecule has 0 aliphatic carbocycles. The van der Waals surface area contributed by atoms with Gasteiger partial charge < -0.3 is 0 Å². The Morgan fingerprint density at radius 1 is 1.12 bits per heavy atom. The minimum absolute atomic E-state index is 0.102. The van der Waals surface area contributed by atoms with Crippen LogP contribution < -0.4 is 0 Å². The highest BCUT2D eigenvalue weighted by molar-refractivity contribution is 9.10. The topological polar surface area (TPSA) is 43.1 Å². The lowest BCUT2D eigenvalue weighted by Gasteiger charge is -2.01. The van der Waals surface area contributed by atoms with Gasteiger partial charge in [0, 0.05) is 16.6 Å². The first-order valence-electron chi connectivity index (χ1n) is 4.59. The van der Waals surface area contributed by atoms with Gasteiger partial charge in [0.15, 0.2) is 0 Å². The second-order valence-electron chi connectivity index (χ2n) is 3.23. The number of halogens is 1. The normalized spacial score (nSPS) is 10.1. The van der Waals surface area contributed by atoms with Crippen molar-refractivity contribution in [2.45, 2.75) is 0 Å². The molecule has 1 radical (unpaired) electrons. The summed E-state index contributed by atoms with van der Waals surface area (Å²) in [5.74, 6) is 0. The average Bonchev–Trinajstić information content (AvgIpc) is 2.29. The molecule has 79 valence electrons. The molecule has 4 heteroatoms. The lowest BCUT2D eigenvalue weighted by molar-refractivity contribution is -0.384. The fraction of sp³-hybridized carbons (Fsp3) is 0. The molecule has 3 nitrogen and oxygen atoms in total. The Hall–Kier alpha value is -1.68. The van der Waals surface area contributed by atoms with E-state index in [-0.39, 0.29) is 5.69 Å². The van der Waals surface area contributed by atoms with Gasteiger partial charge in [-0.25, -0.2) is 0 Å². The summed E-state index contributed by atoms with van der Waals surface area (Å²) in [6.07, 6.45) is 0. The third-order valence-corrected chi connectivity index (χ3v) is 2.64. The van der Waals surface area contributed by atoms with E-state index in [1.54, 1.807) is 18.2 Å². The largest absolute Gasteiger partial charge is 0.269 e. The number of hydrogen-bond donors (Lipinski definition) is 0. The molecule has 0 N–H and O–H groups in total. The van der Waals surface area contributed by atoms with Gasteiger partial charge >= 0.3 is 0 Å². The van der Waals surface area contributed by atoms with Crippen LogP contribution >= 0.6 is 15.9 Å². The Bertz CT molecular complexity index is 523. The molecule has 0 saturated carbocycles. The molecular formula is C12H7BrNO2. The van der Waals surface area contributed by atoms with Crippen LogP contribution in [0.25, 0.3) is 11.1 Å². The predicted molar refractivity (Wildman–Crippen MR) is 65.1 cm³/mol. The zero-order valence-electron chi connectivity index (χ0n) is 8.18. The summed E-state index contributed by atoms with van der Waals surface area (Å²) in [4.78, 5) is 10.1. The molecule has 2 aromatic rings. The van der Waals surface area contributed by atoms with Crippen LogP contribution in [-0.4, -0.2) is 4.92 Å². The summed E-state index contributed by atoms with van der Waals surface area (Å²) in [5, 5.41) is 10.5. The molecule has 0 atom stereocenters. The first-order valence-corrected chi connectivity index (χ1v) is 5.38. The van der Waals surface area contributed by atoms with Gasteiger partial charge in [-0.3, -0.25) is 10.1 Å². The van der Waals surface area contributed by atoms with Gasteiger partial charge in [-0.2, -0.15) is 0 Å². The Kier molecular flexibility index (Phi) is 3.01. The molecule has 2 rings (SSSR count). The summed E-state index contributed by atoms with van der Waals surface area (Å²) in [6.45, 7) is 0. The molecule has 16 heavy (non-hydrogen) atoms. The van der Waals surface area contributed by atoms with E-state index in [1.165, 1.54) is 12.1 Å². The van der Waals surface area contributed by atoms with Crippen molar-refractivity contribution in [2.24, 2.45) is 0 Å². The van der Waals surface area contributed by atoms with Crippen molar-refractivity contribution in [1.29, 1.82) is 0 Å². The van der Waals surface area contributed by atoms with Crippen molar-refractivity contribution in [3.8, 4) is 11.1 Å². The maximum absolute atomic E-state index is 10.5. The van der Waals surface area contributed by atoms with E-state index < -0.39 is 4.92 Å². The third kappa shape index (κ3) is 2.28. The Balaban J connectivity index is 2.38. The molecular weight excluding hydrogens is 270 g/mol. The van der Waals surface area contributed by atoms with Crippen molar-refractivity contribution in [1.82, 2.24) is 0 Å². The molecule has 0 fully saturated rings. The Morgan fingerprint density at radius 2 is 1.81 bits per heavy atom. The van der Waals surface area contributed by atoms with E-state index in [2.05, 4.69) is 22.0 Å². The van der Waals surface area contributed by atoms with Gasteiger partial charge in [-0.1, -0.05) is 28.1 Å². The molecule has 2 aromatic carbocycles. The summed E-state index contributed by atoms with van der Waals surface area (Å²) in [7, 11) is 0. The van der Waals surface area contributed by atoms with Gasteiger partial charge in [-0.15, -0.1) is 0 Å². The quantitative estimate of drug-likeness (QED) is 0.618. The van der Waals surface area contributed by atoms with Crippen molar-refractivity contribution < 1.29 is 4.92 Å². The van der Waals surface area contributed by atoms with Gasteiger partial charge in [0.05, 0.1) is 4.92 Å². The first-order chi connectivity index (χ1) is 7.66. The summed E-state index contributed by atoms with van der Waals surface area (Å²) < 4.78 is 0.864. The maximum atomic E-state index is 10.5. The fourth-order valence-electron chi connectivity index (χ4n) is 1.39. The molecule has 0 saturated heterocycles. The molecule has 0 aliphatic heterocycles. The number of nitro groups is 1. The summed E-state index contributed by atoms with van der Waals surface area (Å²) in [6, 6.07) is 15.1. The van der Waals surface area contributed by atoms with Crippen LogP contribution in [-0.2, 0) is 0 Å². The molecule has 0 unspecified atom stereocenters. The van der Waals surface area contributed by atoms with Crippen LogP contribution in [0.3, 0.4) is 0 Å². The monoisotopic (exact) mass is 276 g/mol. The number of rotatable bonds is 2. The van der Waals surface area contributed by atoms with Gasteiger partial charge in [-0.05, 0) is 35.4 Å². The van der Waals surface area contributed by atoms with Crippen LogP contribution in [0.1, 0.15) is 0 Å². The van der Waals surface area contributed by atoms with E-state index in [1.807, 2.05) is 12.1 Å². The second kappa shape index (κ2) is 4.45. The average molecular weight is 277 g/mol. The Labute approximate surface area is 101 Å². The van der Waals surface area contributed by atoms with Crippen LogP contribution in [0.5, 0.6) is 0 Å². The standard InChI is InChI=1S/C12H7BrNO2/c13-11-3-1-2-10(8-11)9-4-6-12(7-5-9)14(15)16/h1-2,4-8H. The Morgan fingerprint density at radius 3 is 2.38 bits per heavy atom. The number of non-ortho nitro benzene ring substituents is 1. The van der Waals surface area contributed by atoms with Crippen LogP contribution in [0.15, 0.2) is 46.9 Å². The SMILES string of the molecule is O=[N+]([O-])c1ccc(-c2cc[c]c(Br)c2)cc1. The van der Waals surface area contributed by atoms with E-state index in [0.29, 0.717) is 0 Å². The molecule has 0 aliphatic rings. The number of benzene rings is 2. The lowest BCUT2D eigenvalue weighted by Crippen LogP contribution is -1.87. The molecule has 0 bridgehead atoms. The first kappa shape index (κ1) is 10.8. The zero-order chi connectivity index (χ0) is 11.5. The van der Waals surface area contributed by atoms with Crippen molar-refractivity contribution in [3.05, 3.63) is 63.1 Å². The molecule has 0 spiro atoms. The van der Waals surface area contributed by atoms with Crippen LogP contribution in [0, 0.1) is 16.2 Å². The van der Waals surface area contributed by atoms with Crippen LogP contribution in [0.4, 0.5) is 5.69 Å². The second-order valence-corrected chi connectivity index (χ2v) is 4.08. The predicted octanol–water partition coefficient (Wildman–Crippen LogP) is 3.82. The maximum Gasteiger partial charge on any atom is 0.269 e. The fourth-order valence-corrected chi connectivity index (χ4v) is 1.77. The van der Waals surface area contributed by atoms with E-state index >= 15 is 0 Å². The van der Waals surface area contributed by atoms with Crippen LogP contribution in [0.2, 0.25) is 0 Å². The number of nitro benzene ring substituents is 1. The highest BCUT2D eigenvalue weighted by Gasteiger charge is 2.05. The van der Waals surface area contributed by atoms with Gasteiger partial charge in [0.2, 0.25) is 0 Å². The highest BCUT2D eigenvalue weighted by atomic mass is 79.9.